The third-order valence-corrected chi connectivity index (χ3v) is 4.55. The molecule has 2 aromatic rings. The van der Waals surface area contributed by atoms with Crippen molar-refractivity contribution in [3.8, 4) is 5.75 Å². The second-order valence-electron chi connectivity index (χ2n) is 5.90. The second kappa shape index (κ2) is 6.59. The van der Waals surface area contributed by atoms with E-state index in [-0.39, 0.29) is 28.5 Å². The molecule has 0 aliphatic heterocycles. The number of anilines is 1. The van der Waals surface area contributed by atoms with Gasteiger partial charge < -0.3 is 10.1 Å². The van der Waals surface area contributed by atoms with Crippen LogP contribution in [0.3, 0.4) is 0 Å². The lowest BCUT2D eigenvalue weighted by atomic mass is 10.1. The Kier molecular flexibility index (Phi) is 4.64. The van der Waals surface area contributed by atoms with Gasteiger partial charge in [-0.3, -0.25) is 4.79 Å². The fourth-order valence-electron chi connectivity index (χ4n) is 2.73. The number of methoxy groups -OCH3 is 1. The predicted octanol–water partition coefficient (Wildman–Crippen LogP) is 5.11. The van der Waals surface area contributed by atoms with Crippen molar-refractivity contribution in [2.75, 3.05) is 12.4 Å². The lowest BCUT2D eigenvalue weighted by molar-refractivity contribution is -0.137. The van der Waals surface area contributed by atoms with Crippen molar-refractivity contribution in [3.05, 3.63) is 58.6 Å². The Morgan fingerprint density at radius 3 is 2.48 bits per heavy atom. The Hall–Kier alpha value is -2.21. The Morgan fingerprint density at radius 1 is 1.20 bits per heavy atom. The highest BCUT2D eigenvalue weighted by molar-refractivity contribution is 6.33. The van der Waals surface area contributed by atoms with Crippen LogP contribution in [0.5, 0.6) is 5.75 Å². The molecular formula is C18H15ClF3NO2. The van der Waals surface area contributed by atoms with Crippen molar-refractivity contribution in [1.29, 1.82) is 0 Å². The minimum absolute atomic E-state index is 0.0260. The molecule has 1 aliphatic carbocycles. The summed E-state index contributed by atoms with van der Waals surface area (Å²) in [7, 11) is 1.57. The Balaban J connectivity index is 1.69. The number of halogens is 4. The van der Waals surface area contributed by atoms with Crippen LogP contribution >= 0.6 is 11.6 Å². The molecule has 0 spiro atoms. The fourth-order valence-corrected chi connectivity index (χ4v) is 2.89. The summed E-state index contributed by atoms with van der Waals surface area (Å²) >= 11 is 5.91. The van der Waals surface area contributed by atoms with Crippen LogP contribution in [0.25, 0.3) is 0 Å². The highest BCUT2D eigenvalue weighted by Crippen LogP contribution is 2.48. The van der Waals surface area contributed by atoms with Gasteiger partial charge in [-0.15, -0.1) is 0 Å². The van der Waals surface area contributed by atoms with E-state index in [0.717, 1.165) is 29.5 Å². The number of ether oxygens (including phenoxy) is 1. The van der Waals surface area contributed by atoms with Crippen molar-refractivity contribution >= 4 is 23.2 Å². The molecule has 0 saturated heterocycles. The number of rotatable bonds is 4. The number of carbonyl (C=O) groups excluding carboxylic acids is 1. The molecule has 1 aliphatic rings. The van der Waals surface area contributed by atoms with Crippen LogP contribution in [-0.2, 0) is 11.0 Å². The number of alkyl halides is 3. The number of hydrogen-bond donors (Lipinski definition) is 1. The maximum atomic E-state index is 12.8. The maximum absolute atomic E-state index is 12.8. The van der Waals surface area contributed by atoms with E-state index in [0.29, 0.717) is 6.42 Å². The average Bonchev–Trinajstić information content (AvgIpc) is 3.36. The van der Waals surface area contributed by atoms with Gasteiger partial charge in [0.1, 0.15) is 5.75 Å². The zero-order valence-corrected chi connectivity index (χ0v) is 14.0. The van der Waals surface area contributed by atoms with Gasteiger partial charge >= 0.3 is 6.18 Å². The van der Waals surface area contributed by atoms with Gasteiger partial charge in [-0.1, -0.05) is 23.7 Å². The molecule has 0 bridgehead atoms. The molecule has 3 nitrogen and oxygen atoms in total. The average molecular weight is 370 g/mol. The molecule has 1 saturated carbocycles. The molecule has 25 heavy (non-hydrogen) atoms. The van der Waals surface area contributed by atoms with Crippen molar-refractivity contribution in [2.24, 2.45) is 5.92 Å². The first-order valence-corrected chi connectivity index (χ1v) is 7.99. The first kappa shape index (κ1) is 17.6. The van der Waals surface area contributed by atoms with Gasteiger partial charge in [0.2, 0.25) is 5.91 Å². The third-order valence-electron chi connectivity index (χ3n) is 4.22. The van der Waals surface area contributed by atoms with E-state index in [4.69, 9.17) is 16.3 Å². The summed E-state index contributed by atoms with van der Waals surface area (Å²) in [4.78, 5) is 12.3. The fraction of sp³-hybridized carbons (Fsp3) is 0.278. The van der Waals surface area contributed by atoms with Gasteiger partial charge in [0.15, 0.2) is 0 Å². The van der Waals surface area contributed by atoms with Crippen LogP contribution in [0.2, 0.25) is 5.02 Å². The SMILES string of the molecule is COc1ccc(C2CC2C(=O)Nc2cc(C(F)(F)F)ccc2Cl)cc1. The number of amides is 1. The van der Waals surface area contributed by atoms with E-state index >= 15 is 0 Å². The minimum atomic E-state index is -4.49. The summed E-state index contributed by atoms with van der Waals surface area (Å²) in [6.45, 7) is 0. The van der Waals surface area contributed by atoms with Crippen LogP contribution in [0.4, 0.5) is 18.9 Å². The lowest BCUT2D eigenvalue weighted by Crippen LogP contribution is -2.16. The first-order chi connectivity index (χ1) is 11.8. The van der Waals surface area contributed by atoms with Crippen molar-refractivity contribution < 1.29 is 22.7 Å². The van der Waals surface area contributed by atoms with E-state index in [9.17, 15) is 18.0 Å². The molecule has 1 N–H and O–H groups in total. The Bertz CT molecular complexity index is 790. The molecule has 7 heteroatoms. The highest BCUT2D eigenvalue weighted by atomic mass is 35.5. The quantitative estimate of drug-likeness (QED) is 0.813. The molecule has 0 radical (unpaired) electrons. The van der Waals surface area contributed by atoms with Crippen LogP contribution < -0.4 is 10.1 Å². The van der Waals surface area contributed by atoms with Crippen LogP contribution in [0.1, 0.15) is 23.5 Å². The summed E-state index contributed by atoms with van der Waals surface area (Å²) in [6, 6.07) is 10.3. The van der Waals surface area contributed by atoms with Gasteiger partial charge in [-0.25, -0.2) is 0 Å². The molecule has 1 fully saturated rings. The number of carbonyl (C=O) groups is 1. The predicted molar refractivity (Wildman–Crippen MR) is 88.9 cm³/mol. The van der Waals surface area contributed by atoms with Gasteiger partial charge in [-0.05, 0) is 48.2 Å². The number of benzene rings is 2. The Labute approximate surface area is 147 Å². The van der Waals surface area contributed by atoms with Gasteiger partial charge in [0.25, 0.3) is 0 Å². The van der Waals surface area contributed by atoms with E-state index in [2.05, 4.69) is 5.32 Å². The smallest absolute Gasteiger partial charge is 0.416 e. The minimum Gasteiger partial charge on any atom is -0.497 e. The monoisotopic (exact) mass is 369 g/mol. The topological polar surface area (TPSA) is 38.3 Å². The number of nitrogens with one attached hydrogen (secondary N) is 1. The second-order valence-corrected chi connectivity index (χ2v) is 6.31. The molecule has 0 aromatic heterocycles. The summed E-state index contributed by atoms with van der Waals surface area (Å²) in [6.07, 6.45) is -3.84. The lowest BCUT2D eigenvalue weighted by Gasteiger charge is -2.11. The molecule has 2 atom stereocenters. The molecule has 132 valence electrons. The molecule has 0 heterocycles. The first-order valence-electron chi connectivity index (χ1n) is 7.61. The van der Waals surface area contributed by atoms with E-state index in [1.807, 2.05) is 24.3 Å². The van der Waals surface area contributed by atoms with Gasteiger partial charge in [0.05, 0.1) is 23.4 Å². The van der Waals surface area contributed by atoms with Crippen molar-refractivity contribution in [2.45, 2.75) is 18.5 Å². The highest BCUT2D eigenvalue weighted by Gasteiger charge is 2.44. The molecule has 2 unspecified atom stereocenters. The molecular weight excluding hydrogens is 355 g/mol. The van der Waals surface area contributed by atoms with Crippen LogP contribution in [0.15, 0.2) is 42.5 Å². The van der Waals surface area contributed by atoms with Gasteiger partial charge in [-0.2, -0.15) is 13.2 Å². The zero-order valence-electron chi connectivity index (χ0n) is 13.2. The molecule has 1 amide bonds. The normalized spacial score (nSPS) is 19.4. The van der Waals surface area contributed by atoms with E-state index in [1.165, 1.54) is 0 Å². The van der Waals surface area contributed by atoms with Crippen LogP contribution in [0, 0.1) is 5.92 Å². The summed E-state index contributed by atoms with van der Waals surface area (Å²) in [5, 5.41) is 2.58. The zero-order chi connectivity index (χ0) is 18.2. The summed E-state index contributed by atoms with van der Waals surface area (Å²) < 4.78 is 43.5. The molecule has 2 aromatic carbocycles. The standard InChI is InChI=1S/C18H15ClF3NO2/c1-25-12-5-2-10(3-6-12)13-9-14(13)17(24)23-16-8-11(18(20,21)22)4-7-15(16)19/h2-8,13-14H,9H2,1H3,(H,23,24). The summed E-state index contributed by atoms with van der Waals surface area (Å²) in [5.74, 6) is 0.165. The Morgan fingerprint density at radius 2 is 1.88 bits per heavy atom. The maximum Gasteiger partial charge on any atom is 0.416 e. The van der Waals surface area contributed by atoms with Crippen molar-refractivity contribution in [3.63, 3.8) is 0 Å². The summed E-state index contributed by atoms with van der Waals surface area (Å²) in [5.41, 5.74) is 0.118. The van der Waals surface area contributed by atoms with E-state index in [1.54, 1.807) is 7.11 Å². The largest absolute Gasteiger partial charge is 0.497 e. The van der Waals surface area contributed by atoms with Crippen LogP contribution in [-0.4, -0.2) is 13.0 Å². The van der Waals surface area contributed by atoms with Gasteiger partial charge in [0, 0.05) is 5.92 Å². The third kappa shape index (κ3) is 3.90. The van der Waals surface area contributed by atoms with Crippen molar-refractivity contribution in [1.82, 2.24) is 0 Å². The number of hydrogen-bond acceptors (Lipinski definition) is 2. The molecule has 3 rings (SSSR count). The van der Waals surface area contributed by atoms with E-state index < -0.39 is 11.7 Å².